The van der Waals surface area contributed by atoms with Gasteiger partial charge < -0.3 is 15.3 Å². The summed E-state index contributed by atoms with van der Waals surface area (Å²) in [7, 11) is -22.7. The SMILES string of the molecule is O=C(O)c1cc(O)c(N=Nc2ccc(N=Nc3ccc(S(=O)(=O)CCOS(=O)(=O)O)cc3)c3cc(S(=O)(=O)O)ccc23)c(O)c1N=Nc1ccc(S(=O)(=O)CCOS(=O)(=O)O)cc1. The lowest BCUT2D eigenvalue weighted by Crippen LogP contribution is -2.15. The molecule has 0 amide bonds. The van der Waals surface area contributed by atoms with Crippen LogP contribution in [0.1, 0.15) is 10.4 Å². The lowest BCUT2D eigenvalue weighted by Gasteiger charge is -2.09. The zero-order valence-electron chi connectivity index (χ0n) is 31.1. The summed E-state index contributed by atoms with van der Waals surface area (Å²) >= 11 is 0. The average Bonchev–Trinajstić information content (AvgIpc) is 3.18. The number of azo groups is 3. The molecule has 0 saturated carbocycles. The number of aromatic hydroxyl groups is 2. The molecule has 6 N–H and O–H groups in total. The minimum absolute atomic E-state index is 0.00206. The summed E-state index contributed by atoms with van der Waals surface area (Å²) in [6.45, 7) is -1.74. The molecule has 334 valence electrons. The quantitative estimate of drug-likeness (QED) is 0.0457. The van der Waals surface area contributed by atoms with Gasteiger partial charge in [-0.1, -0.05) is 6.07 Å². The summed E-state index contributed by atoms with van der Waals surface area (Å²) in [5.74, 6) is -5.23. The number of benzene rings is 5. The number of carboxylic acids is 1. The summed E-state index contributed by atoms with van der Waals surface area (Å²) in [6, 6.07) is 15.5. The van der Waals surface area contributed by atoms with Crippen molar-refractivity contribution in [1.29, 1.82) is 0 Å². The molecular weight excluding hydrogens is 945 g/mol. The highest BCUT2D eigenvalue weighted by atomic mass is 32.3. The Hall–Kier alpha value is -6.22. The molecule has 0 unspecified atom stereocenters. The predicted molar refractivity (Wildman–Crippen MR) is 215 cm³/mol. The molecular formula is C33H28N6O19S5. The Morgan fingerprint density at radius 3 is 1.40 bits per heavy atom. The highest BCUT2D eigenvalue weighted by Gasteiger charge is 2.23. The topological polar surface area (TPSA) is 402 Å². The molecule has 0 radical (unpaired) electrons. The van der Waals surface area contributed by atoms with E-state index in [0.29, 0.717) is 6.07 Å². The summed E-state index contributed by atoms with van der Waals surface area (Å²) in [6.07, 6.45) is 0. The van der Waals surface area contributed by atoms with E-state index >= 15 is 0 Å². The van der Waals surface area contributed by atoms with Gasteiger partial charge >= 0.3 is 26.8 Å². The van der Waals surface area contributed by atoms with E-state index in [1.54, 1.807) is 0 Å². The van der Waals surface area contributed by atoms with Crippen LogP contribution in [0.15, 0.2) is 130 Å². The van der Waals surface area contributed by atoms with Crippen LogP contribution in [0.25, 0.3) is 10.8 Å². The van der Waals surface area contributed by atoms with Crippen molar-refractivity contribution in [2.75, 3.05) is 24.7 Å². The first-order chi connectivity index (χ1) is 29.2. The second kappa shape index (κ2) is 18.6. The molecule has 0 aliphatic carbocycles. The van der Waals surface area contributed by atoms with Gasteiger partial charge in [-0.05, 0) is 78.9 Å². The summed E-state index contributed by atoms with van der Waals surface area (Å²) in [5, 5.41) is 55.1. The number of fused-ring (bicyclic) bond motifs is 1. The summed E-state index contributed by atoms with van der Waals surface area (Å²) in [5.41, 5.74) is -2.29. The van der Waals surface area contributed by atoms with E-state index in [0.717, 1.165) is 48.5 Å². The van der Waals surface area contributed by atoms with E-state index in [4.69, 9.17) is 9.11 Å². The van der Waals surface area contributed by atoms with Gasteiger partial charge in [0.15, 0.2) is 31.1 Å². The number of sulfone groups is 2. The van der Waals surface area contributed by atoms with Gasteiger partial charge in [-0.15, -0.1) is 20.5 Å². The van der Waals surface area contributed by atoms with E-state index in [9.17, 15) is 66.8 Å². The number of phenols is 2. The number of carboxylic acid groups (broad SMARTS) is 1. The second-order valence-corrected chi connectivity index (χ2v) is 20.1. The summed E-state index contributed by atoms with van der Waals surface area (Å²) in [4.78, 5) is 10.9. The summed E-state index contributed by atoms with van der Waals surface area (Å²) < 4.78 is 152. The Bertz CT molecular complexity index is 3270. The Labute approximate surface area is 356 Å². The van der Waals surface area contributed by atoms with Crippen LogP contribution in [-0.4, -0.2) is 102 Å². The predicted octanol–water partition coefficient (Wildman–Crippen LogP) is 5.63. The van der Waals surface area contributed by atoms with Gasteiger partial charge in [0.2, 0.25) is 0 Å². The Morgan fingerprint density at radius 1 is 0.508 bits per heavy atom. The van der Waals surface area contributed by atoms with Crippen molar-refractivity contribution in [3.63, 3.8) is 0 Å². The first-order valence-electron chi connectivity index (χ1n) is 16.8. The molecule has 0 saturated heterocycles. The Morgan fingerprint density at radius 2 is 0.937 bits per heavy atom. The Balaban J connectivity index is 1.46. The van der Waals surface area contributed by atoms with Crippen molar-refractivity contribution in [2.24, 2.45) is 30.7 Å². The molecule has 0 heterocycles. The zero-order valence-corrected chi connectivity index (χ0v) is 35.2. The van der Waals surface area contributed by atoms with Crippen molar-refractivity contribution in [3.8, 4) is 11.5 Å². The van der Waals surface area contributed by atoms with Crippen LogP contribution in [0.5, 0.6) is 11.5 Å². The first-order valence-corrected chi connectivity index (χ1v) is 24.2. The fourth-order valence-electron chi connectivity index (χ4n) is 5.13. The van der Waals surface area contributed by atoms with Crippen LogP contribution >= 0.6 is 0 Å². The maximum atomic E-state index is 12.5. The smallest absolute Gasteiger partial charge is 0.397 e. The van der Waals surface area contributed by atoms with Crippen LogP contribution in [0, 0.1) is 0 Å². The Kier molecular flexibility index (Phi) is 14.1. The third kappa shape index (κ3) is 12.7. The number of aromatic carboxylic acids is 1. The highest BCUT2D eigenvalue weighted by molar-refractivity contribution is 7.91. The molecule has 30 heteroatoms. The number of hydrogen-bond donors (Lipinski definition) is 6. The zero-order chi connectivity index (χ0) is 46.5. The fraction of sp³-hybridized carbons (Fsp3) is 0.121. The molecule has 0 bridgehead atoms. The molecule has 63 heavy (non-hydrogen) atoms. The number of carbonyl (C=O) groups is 1. The highest BCUT2D eigenvalue weighted by Crippen LogP contribution is 2.47. The minimum atomic E-state index is -4.88. The van der Waals surface area contributed by atoms with Crippen LogP contribution in [0.4, 0.5) is 34.1 Å². The van der Waals surface area contributed by atoms with Crippen molar-refractivity contribution in [3.05, 3.63) is 90.5 Å². The van der Waals surface area contributed by atoms with E-state index < -0.39 is 115 Å². The number of nitrogens with zero attached hydrogens (tertiary/aromatic N) is 6. The van der Waals surface area contributed by atoms with Gasteiger partial charge in [0.25, 0.3) is 10.1 Å². The van der Waals surface area contributed by atoms with Gasteiger partial charge in [-0.25, -0.2) is 30.0 Å². The fourth-order valence-corrected chi connectivity index (χ4v) is 8.61. The van der Waals surface area contributed by atoms with Crippen molar-refractivity contribution in [1.82, 2.24) is 0 Å². The van der Waals surface area contributed by atoms with Gasteiger partial charge in [-0.3, -0.25) is 13.7 Å². The molecule has 25 nitrogen and oxygen atoms in total. The van der Waals surface area contributed by atoms with E-state index in [2.05, 4.69) is 39.1 Å². The lowest BCUT2D eigenvalue weighted by molar-refractivity contribution is 0.0696. The molecule has 5 aromatic carbocycles. The molecule has 5 rings (SSSR count). The van der Waals surface area contributed by atoms with Crippen LogP contribution in [-0.2, 0) is 59.0 Å². The molecule has 0 spiro atoms. The van der Waals surface area contributed by atoms with Crippen LogP contribution in [0.2, 0.25) is 0 Å². The van der Waals surface area contributed by atoms with Crippen molar-refractivity contribution < 1.29 is 84.2 Å². The molecule has 0 aromatic heterocycles. The number of rotatable bonds is 18. The minimum Gasteiger partial charge on any atom is -0.505 e. The van der Waals surface area contributed by atoms with Gasteiger partial charge in [0.1, 0.15) is 11.4 Å². The number of hydrogen-bond acceptors (Lipinski definition) is 21. The van der Waals surface area contributed by atoms with Gasteiger partial charge in [0, 0.05) is 10.8 Å². The van der Waals surface area contributed by atoms with Gasteiger partial charge in [-0.2, -0.15) is 35.5 Å². The van der Waals surface area contributed by atoms with E-state index in [1.807, 2.05) is 0 Å². The van der Waals surface area contributed by atoms with Crippen molar-refractivity contribution >= 4 is 101 Å². The number of phenolic OH excluding ortho intramolecular Hbond substituents is 2. The molecule has 0 aliphatic rings. The first kappa shape index (κ1) is 47.8. The standard InChI is InChI=1S/C33H28N6O19S5/c40-29-18-26(33(42)43)30(38-35-20-3-7-22(8-4-20)60(46,47)16-14-58-63(54,55)56)32(41)31(29)39-37-27-11-12-28(25-17-23(61(48,49)50)9-10-24(25)27)36-34-19-1-5-21(6-2-19)59(44,45)15-13-57-62(51,52)53/h1-12,17-18,40-41H,13-16H2,(H,42,43)(H,48,49,50)(H,51,52,53)(H,54,55,56). The lowest BCUT2D eigenvalue weighted by atomic mass is 10.1. The van der Waals surface area contributed by atoms with Gasteiger partial charge in [0.05, 0.1) is 67.7 Å². The normalized spacial score (nSPS) is 13.1. The van der Waals surface area contributed by atoms with E-state index in [-0.39, 0.29) is 43.3 Å². The molecule has 0 fully saturated rings. The average molecular weight is 973 g/mol. The third-order valence-corrected chi connectivity index (χ3v) is 13.2. The molecule has 5 aromatic rings. The molecule has 0 atom stereocenters. The van der Waals surface area contributed by atoms with Crippen molar-refractivity contribution in [2.45, 2.75) is 14.7 Å². The van der Waals surface area contributed by atoms with Crippen LogP contribution in [0.3, 0.4) is 0 Å². The molecule has 0 aliphatic heterocycles. The maximum Gasteiger partial charge on any atom is 0.397 e. The maximum absolute atomic E-state index is 12.5. The van der Waals surface area contributed by atoms with E-state index in [1.165, 1.54) is 30.3 Å². The monoisotopic (exact) mass is 972 g/mol. The second-order valence-electron chi connectivity index (χ2n) is 12.3. The third-order valence-electron chi connectivity index (χ3n) is 8.05. The largest absolute Gasteiger partial charge is 0.505 e. The van der Waals surface area contributed by atoms with Crippen LogP contribution < -0.4 is 0 Å².